The summed E-state index contributed by atoms with van der Waals surface area (Å²) in [6.07, 6.45) is 0.797. The van der Waals surface area contributed by atoms with Crippen molar-refractivity contribution in [1.29, 1.82) is 0 Å². The van der Waals surface area contributed by atoms with Crippen LogP contribution in [-0.2, 0) is 11.2 Å². The summed E-state index contributed by atoms with van der Waals surface area (Å²) in [4.78, 5) is 17.1. The minimum absolute atomic E-state index is 0.156. The molecule has 2 heterocycles. The first-order valence-corrected chi connectivity index (χ1v) is 10.5. The largest absolute Gasteiger partial charge is 0.497 e. The molecule has 4 aromatic rings. The maximum Gasteiger partial charge on any atom is 0.262 e. The molecule has 0 radical (unpaired) electrons. The third kappa shape index (κ3) is 4.42. The first-order valence-electron chi connectivity index (χ1n) is 10.5. The number of ether oxygens (including phenoxy) is 2. The van der Waals surface area contributed by atoms with Gasteiger partial charge in [-0.2, -0.15) is 10.1 Å². The lowest BCUT2D eigenvalue weighted by Crippen LogP contribution is -2.20. The van der Waals surface area contributed by atoms with E-state index in [0.717, 1.165) is 28.8 Å². The summed E-state index contributed by atoms with van der Waals surface area (Å²) in [7, 11) is 1.58. The number of amides is 1. The van der Waals surface area contributed by atoms with Crippen molar-refractivity contribution >= 4 is 22.6 Å². The first kappa shape index (κ1) is 21.4. The van der Waals surface area contributed by atoms with E-state index in [9.17, 15) is 4.79 Å². The van der Waals surface area contributed by atoms with Crippen LogP contribution < -0.4 is 14.8 Å². The Morgan fingerprint density at radius 3 is 2.59 bits per heavy atom. The highest BCUT2D eigenvalue weighted by molar-refractivity contribution is 5.92. The van der Waals surface area contributed by atoms with Gasteiger partial charge in [0.2, 0.25) is 5.88 Å². The van der Waals surface area contributed by atoms with Gasteiger partial charge in [-0.25, -0.2) is 4.68 Å². The predicted octanol–water partition coefficient (Wildman–Crippen LogP) is 4.63. The van der Waals surface area contributed by atoms with Crippen LogP contribution in [0.4, 0.5) is 5.69 Å². The van der Waals surface area contributed by atoms with E-state index >= 15 is 0 Å². The van der Waals surface area contributed by atoms with E-state index in [1.54, 1.807) is 19.2 Å². The fraction of sp³-hybridized carbons (Fsp3) is 0.240. The Bertz CT molecular complexity index is 1260. The van der Waals surface area contributed by atoms with Gasteiger partial charge in [0.1, 0.15) is 5.75 Å². The molecule has 7 heteroatoms. The summed E-state index contributed by atoms with van der Waals surface area (Å²) in [6, 6.07) is 17.2. The Morgan fingerprint density at radius 1 is 1.09 bits per heavy atom. The van der Waals surface area contributed by atoms with Crippen LogP contribution in [0.5, 0.6) is 11.6 Å². The summed E-state index contributed by atoms with van der Waals surface area (Å²) in [6.45, 7) is 5.95. The fourth-order valence-corrected chi connectivity index (χ4v) is 3.61. The number of carbonyl (C=O) groups is 1. The monoisotopic (exact) mass is 430 g/mol. The minimum atomic E-state index is -0.276. The molecule has 2 aromatic carbocycles. The van der Waals surface area contributed by atoms with Crippen LogP contribution in [-0.4, -0.2) is 34.4 Å². The molecule has 0 aliphatic heterocycles. The second-order valence-corrected chi connectivity index (χ2v) is 7.57. The molecular weight excluding hydrogens is 404 g/mol. The van der Waals surface area contributed by atoms with Crippen LogP contribution in [0.25, 0.3) is 16.7 Å². The van der Waals surface area contributed by atoms with Crippen molar-refractivity contribution in [2.45, 2.75) is 27.2 Å². The molecule has 2 aromatic heterocycles. The third-order valence-corrected chi connectivity index (χ3v) is 5.24. The van der Waals surface area contributed by atoms with Gasteiger partial charge in [-0.05, 0) is 50.1 Å². The molecule has 1 amide bonds. The number of aryl methyl sites for hydroxylation is 3. The van der Waals surface area contributed by atoms with Crippen LogP contribution in [0.3, 0.4) is 0 Å². The van der Waals surface area contributed by atoms with Crippen molar-refractivity contribution in [1.82, 2.24) is 14.8 Å². The number of rotatable bonds is 7. The number of aromatic nitrogens is 3. The molecule has 4 rings (SSSR count). The van der Waals surface area contributed by atoms with Gasteiger partial charge in [-0.15, -0.1) is 0 Å². The van der Waals surface area contributed by atoms with Crippen molar-refractivity contribution < 1.29 is 14.3 Å². The number of pyridine rings is 1. The van der Waals surface area contributed by atoms with Crippen LogP contribution in [0.1, 0.15) is 23.7 Å². The molecule has 32 heavy (non-hydrogen) atoms. The summed E-state index contributed by atoms with van der Waals surface area (Å²) >= 11 is 0. The number of fused-ring (bicyclic) bond motifs is 1. The van der Waals surface area contributed by atoms with Crippen molar-refractivity contribution in [2.75, 3.05) is 19.0 Å². The molecule has 0 saturated heterocycles. The van der Waals surface area contributed by atoms with E-state index in [-0.39, 0.29) is 12.5 Å². The van der Waals surface area contributed by atoms with E-state index in [4.69, 9.17) is 14.6 Å². The number of hydrogen-bond donors (Lipinski definition) is 1. The molecule has 0 aliphatic carbocycles. The Kier molecular flexibility index (Phi) is 6.07. The van der Waals surface area contributed by atoms with E-state index in [1.807, 2.05) is 61.0 Å². The van der Waals surface area contributed by atoms with Gasteiger partial charge in [-0.1, -0.05) is 30.7 Å². The minimum Gasteiger partial charge on any atom is -0.497 e. The fourth-order valence-electron chi connectivity index (χ4n) is 3.61. The standard InChI is InChI=1S/C25H26N4O3/c1-5-18-13-23(32-15-22(30)26-19-7-6-8-21(14-19)31-4)27-25-24(18)17(3)28-29(25)20-11-9-16(2)10-12-20/h6-14H,5,15H2,1-4H3,(H,26,30). The van der Waals surface area contributed by atoms with Crippen molar-refractivity contribution in [3.05, 3.63) is 71.4 Å². The summed E-state index contributed by atoms with van der Waals surface area (Å²) in [5, 5.41) is 8.54. The van der Waals surface area contributed by atoms with Crippen LogP contribution in [0.2, 0.25) is 0 Å². The van der Waals surface area contributed by atoms with Crippen molar-refractivity contribution in [2.24, 2.45) is 0 Å². The Morgan fingerprint density at radius 2 is 1.88 bits per heavy atom. The smallest absolute Gasteiger partial charge is 0.262 e. The Balaban J connectivity index is 1.59. The van der Waals surface area contributed by atoms with Crippen LogP contribution in [0, 0.1) is 13.8 Å². The summed E-state index contributed by atoms with van der Waals surface area (Å²) in [5.74, 6) is 0.785. The van der Waals surface area contributed by atoms with Gasteiger partial charge in [-0.3, -0.25) is 4.79 Å². The van der Waals surface area contributed by atoms with E-state index < -0.39 is 0 Å². The van der Waals surface area contributed by atoms with Crippen LogP contribution >= 0.6 is 0 Å². The zero-order valence-corrected chi connectivity index (χ0v) is 18.7. The molecule has 164 valence electrons. The van der Waals surface area contributed by atoms with Crippen LogP contribution in [0.15, 0.2) is 54.6 Å². The number of nitrogens with one attached hydrogen (secondary N) is 1. The number of nitrogens with zero attached hydrogens (tertiary/aromatic N) is 3. The maximum atomic E-state index is 12.4. The van der Waals surface area contributed by atoms with Crippen molar-refractivity contribution in [3.63, 3.8) is 0 Å². The highest BCUT2D eigenvalue weighted by Gasteiger charge is 2.16. The zero-order valence-electron chi connectivity index (χ0n) is 18.7. The zero-order chi connectivity index (χ0) is 22.7. The highest BCUT2D eigenvalue weighted by Crippen LogP contribution is 2.28. The molecule has 0 saturated carbocycles. The average Bonchev–Trinajstić information content (AvgIpc) is 3.14. The lowest BCUT2D eigenvalue weighted by atomic mass is 10.1. The first-order chi connectivity index (χ1) is 15.5. The highest BCUT2D eigenvalue weighted by atomic mass is 16.5. The topological polar surface area (TPSA) is 78.3 Å². The van der Waals surface area contributed by atoms with Gasteiger partial charge < -0.3 is 14.8 Å². The maximum absolute atomic E-state index is 12.4. The van der Waals surface area contributed by atoms with E-state index in [2.05, 4.69) is 17.2 Å². The normalized spacial score (nSPS) is 10.9. The van der Waals surface area contributed by atoms with Gasteiger partial charge in [0.25, 0.3) is 5.91 Å². The second kappa shape index (κ2) is 9.09. The predicted molar refractivity (Wildman–Crippen MR) is 125 cm³/mol. The summed E-state index contributed by atoms with van der Waals surface area (Å²) < 4.78 is 12.8. The third-order valence-electron chi connectivity index (χ3n) is 5.24. The van der Waals surface area contributed by atoms with E-state index in [1.165, 1.54) is 5.56 Å². The summed E-state index contributed by atoms with van der Waals surface area (Å²) in [5.41, 5.74) is 5.45. The number of methoxy groups -OCH3 is 1. The number of carbonyl (C=O) groups excluding carboxylic acids is 1. The Hall–Kier alpha value is -3.87. The van der Waals surface area contributed by atoms with Crippen molar-refractivity contribution in [3.8, 4) is 17.3 Å². The molecule has 0 fully saturated rings. The van der Waals surface area contributed by atoms with Gasteiger partial charge in [0.05, 0.1) is 18.5 Å². The van der Waals surface area contributed by atoms with Gasteiger partial charge in [0, 0.05) is 23.2 Å². The molecular formula is C25H26N4O3. The lowest BCUT2D eigenvalue weighted by Gasteiger charge is -2.10. The lowest BCUT2D eigenvalue weighted by molar-refractivity contribution is -0.118. The average molecular weight is 431 g/mol. The number of benzene rings is 2. The quantitative estimate of drug-likeness (QED) is 0.463. The molecule has 0 bridgehead atoms. The number of anilines is 1. The molecule has 7 nitrogen and oxygen atoms in total. The molecule has 0 spiro atoms. The molecule has 0 atom stereocenters. The SMILES string of the molecule is CCc1cc(OCC(=O)Nc2cccc(OC)c2)nc2c1c(C)nn2-c1ccc(C)cc1. The molecule has 1 N–H and O–H groups in total. The number of hydrogen-bond acceptors (Lipinski definition) is 5. The van der Waals surface area contributed by atoms with Gasteiger partial charge in [0.15, 0.2) is 12.3 Å². The second-order valence-electron chi connectivity index (χ2n) is 7.57. The van der Waals surface area contributed by atoms with E-state index in [0.29, 0.717) is 23.0 Å². The van der Waals surface area contributed by atoms with Gasteiger partial charge >= 0.3 is 0 Å². The molecule has 0 unspecified atom stereocenters. The Labute approximate surface area is 187 Å². The molecule has 0 aliphatic rings.